The van der Waals surface area contributed by atoms with Gasteiger partial charge in [-0.25, -0.2) is 4.79 Å². The summed E-state index contributed by atoms with van der Waals surface area (Å²) in [6.45, 7) is 16.0. The van der Waals surface area contributed by atoms with Crippen LogP contribution in [0.2, 0.25) is 0 Å². The second kappa shape index (κ2) is 16.4. The van der Waals surface area contributed by atoms with Crippen molar-refractivity contribution in [2.45, 2.75) is 146 Å². The monoisotopic (exact) mass is 974 g/mol. The summed E-state index contributed by atoms with van der Waals surface area (Å²) >= 11 is 0. The van der Waals surface area contributed by atoms with Gasteiger partial charge >= 0.3 is 5.97 Å². The van der Waals surface area contributed by atoms with Crippen molar-refractivity contribution in [3.05, 3.63) is 98.7 Å². The maximum Gasteiger partial charge on any atom is 0.333 e. The predicted molar refractivity (Wildman–Crippen MR) is 260 cm³/mol. The second-order valence-corrected chi connectivity index (χ2v) is 22.4. The zero-order chi connectivity index (χ0) is 50.5. The second-order valence-electron chi connectivity index (χ2n) is 22.4. The molecule has 15 nitrogen and oxygen atoms in total. The van der Waals surface area contributed by atoms with Crippen molar-refractivity contribution in [1.82, 2.24) is 10.2 Å². The molecule has 2 spiro atoms. The topological polar surface area (TPSA) is 203 Å². The lowest BCUT2D eigenvalue weighted by Crippen LogP contribution is -2.84. The van der Waals surface area contributed by atoms with Gasteiger partial charge in [-0.3, -0.25) is 14.9 Å². The summed E-state index contributed by atoms with van der Waals surface area (Å²) < 4.78 is 41.3. The Hall–Kier alpha value is -5.13. The number of Topliss-reactive ketones (excluding diaryl/α,β-unsaturated/α-hetero) is 2. The van der Waals surface area contributed by atoms with Crippen LogP contribution in [-0.2, 0) is 35.9 Å². The van der Waals surface area contributed by atoms with E-state index < -0.39 is 95.0 Å². The Balaban J connectivity index is 1.27. The minimum absolute atomic E-state index is 0.0257. The van der Waals surface area contributed by atoms with Crippen LogP contribution in [0.15, 0.2) is 70.9 Å². The van der Waals surface area contributed by atoms with E-state index in [1.807, 2.05) is 71.0 Å². The van der Waals surface area contributed by atoms with E-state index in [4.69, 9.17) is 28.4 Å². The van der Waals surface area contributed by atoms with Gasteiger partial charge in [0.1, 0.15) is 52.9 Å². The quantitative estimate of drug-likeness (QED) is 0.106. The normalized spacial score (nSPS) is 37.2. The molecule has 0 radical (unpaired) electrons. The molecule has 3 saturated heterocycles. The van der Waals surface area contributed by atoms with Gasteiger partial charge in [-0.05, 0) is 93.2 Å². The molecule has 2 aromatic rings. The Morgan fingerprint density at radius 3 is 2.38 bits per heavy atom. The highest BCUT2D eigenvalue weighted by Crippen LogP contribution is 2.78. The molecule has 4 aliphatic carbocycles. The average Bonchev–Trinajstić information content (AvgIpc) is 3.94. The molecule has 12 rings (SSSR count). The minimum Gasteiger partial charge on any atom is -0.482 e. The molecule has 2 aromatic carbocycles. The van der Waals surface area contributed by atoms with Gasteiger partial charge in [0.25, 0.3) is 0 Å². The Morgan fingerprint density at radius 2 is 1.68 bits per heavy atom. The van der Waals surface area contributed by atoms with Gasteiger partial charge in [0.05, 0.1) is 42.1 Å². The van der Waals surface area contributed by atoms with Gasteiger partial charge in [-0.15, -0.1) is 0 Å². The molecule has 13 atom stereocenters. The summed E-state index contributed by atoms with van der Waals surface area (Å²) in [7, 11) is 1.32. The molecule has 6 aliphatic heterocycles. The number of fused-ring (bicyclic) bond motifs is 5. The molecule has 8 unspecified atom stereocenters. The Kier molecular flexibility index (Phi) is 11.2. The fourth-order valence-electron chi connectivity index (χ4n) is 14.4. The number of carbonyl (C=O) groups excluding carboxylic acids is 3. The number of ketones is 2. The molecule has 10 aliphatic rings. The van der Waals surface area contributed by atoms with Crippen LogP contribution in [0.4, 0.5) is 0 Å². The van der Waals surface area contributed by atoms with Crippen LogP contribution in [0.3, 0.4) is 0 Å². The van der Waals surface area contributed by atoms with Crippen LogP contribution >= 0.6 is 0 Å². The third-order valence-electron chi connectivity index (χ3n) is 17.3. The molecule has 378 valence electrons. The van der Waals surface area contributed by atoms with Gasteiger partial charge in [0.2, 0.25) is 6.29 Å². The standard InChI is InChI=1S/C56H66N2O13/c1-27(2)13-12-20-53(8)21-19-33-45(69-53)32(17-16-28(3)4)47-39(46(33)68-51-44(63)43(62)42(61)35(26-59)67-51)56-48-37(38-40(58(56)24-23-57-56)30-14-10-11-15-31(30)41(38)60)34-25-36-52(6,7)71-54(49(34)64,55(36,48)70-47)22-18-29(5)50(65)66-9/h10-11,13-16,18-19,21,34-37,42-44,48,51,57,59,61-63H,12,17,20,22-26H2,1-9H3/t34?,35-,36?,37?,42-,43+,44-,48?,51+,53?,54?,55?,56?/m0/s1. The summed E-state index contributed by atoms with van der Waals surface area (Å²) in [5, 5.41) is 48.4. The smallest absolute Gasteiger partial charge is 0.333 e. The number of benzene rings is 2. The van der Waals surface area contributed by atoms with Crippen molar-refractivity contribution in [2.24, 2.45) is 23.7 Å². The maximum absolute atomic E-state index is 16.2. The van der Waals surface area contributed by atoms with Crippen LogP contribution in [0.1, 0.15) is 114 Å². The number of nitrogens with zero attached hydrogens (tertiary/aromatic N) is 1. The Morgan fingerprint density at radius 1 is 0.944 bits per heavy atom. The van der Waals surface area contributed by atoms with Gasteiger partial charge < -0.3 is 53.7 Å². The fraction of sp³-hybridized carbons (Fsp3) is 0.554. The van der Waals surface area contributed by atoms with Crippen LogP contribution in [0.5, 0.6) is 17.2 Å². The molecule has 71 heavy (non-hydrogen) atoms. The SMILES string of the molecule is COC(=O)C(C)=CCC12OC(C)(C)C3CC(C1=O)C1C4=C(c5ccccc5C4=O)N4CCNC45c4c(O[C@H]6O[C@@H](CO)[C@H](O)[C@@H](O)[C@@H]6O)c6c(c(CC=C(C)C)c4OC32C15)OC(C)(CCC=C(C)C)C=C6. The van der Waals surface area contributed by atoms with Crippen molar-refractivity contribution in [3.63, 3.8) is 0 Å². The number of aliphatic hydroxyl groups is 4. The predicted octanol–water partition coefficient (Wildman–Crippen LogP) is 5.60. The molecule has 3 saturated carbocycles. The van der Waals surface area contributed by atoms with Gasteiger partial charge in [0.15, 0.2) is 22.8 Å². The van der Waals surface area contributed by atoms with E-state index in [1.165, 1.54) is 12.7 Å². The Labute approximate surface area is 414 Å². The third-order valence-corrected chi connectivity index (χ3v) is 17.3. The number of aliphatic hydroxyl groups excluding tert-OH is 4. The van der Waals surface area contributed by atoms with E-state index >= 15 is 9.59 Å². The van der Waals surface area contributed by atoms with Crippen LogP contribution in [0, 0.1) is 23.7 Å². The highest BCUT2D eigenvalue weighted by atomic mass is 16.7. The lowest BCUT2D eigenvalue weighted by Gasteiger charge is -2.71. The van der Waals surface area contributed by atoms with Crippen molar-refractivity contribution in [1.29, 1.82) is 0 Å². The van der Waals surface area contributed by atoms with E-state index in [-0.39, 0.29) is 23.7 Å². The van der Waals surface area contributed by atoms with Crippen molar-refractivity contribution < 1.29 is 63.2 Å². The van der Waals surface area contributed by atoms with Crippen LogP contribution in [-0.4, -0.2) is 123 Å². The first-order chi connectivity index (χ1) is 33.7. The lowest BCUT2D eigenvalue weighted by atomic mass is 9.39. The fourth-order valence-corrected chi connectivity index (χ4v) is 14.4. The number of esters is 1. The van der Waals surface area contributed by atoms with Crippen LogP contribution < -0.4 is 19.5 Å². The molecule has 4 bridgehead atoms. The molecule has 15 heteroatoms. The first-order valence-electron chi connectivity index (χ1n) is 25.2. The van der Waals surface area contributed by atoms with Crippen molar-refractivity contribution >= 4 is 29.3 Å². The number of ether oxygens (including phenoxy) is 6. The highest BCUT2D eigenvalue weighted by Gasteiger charge is 2.89. The summed E-state index contributed by atoms with van der Waals surface area (Å²) in [5.74, 6) is -2.41. The molecule has 6 fully saturated rings. The molecular weight excluding hydrogens is 909 g/mol. The minimum atomic E-state index is -1.78. The number of rotatable bonds is 11. The number of methoxy groups -OCH3 is 1. The van der Waals surface area contributed by atoms with Crippen molar-refractivity contribution in [3.8, 4) is 17.2 Å². The molecule has 5 N–H and O–H groups in total. The molecule has 0 aromatic heterocycles. The van der Waals surface area contributed by atoms with E-state index in [0.29, 0.717) is 77.3 Å². The first kappa shape index (κ1) is 48.2. The zero-order valence-corrected chi connectivity index (χ0v) is 42.0. The van der Waals surface area contributed by atoms with E-state index in [1.54, 1.807) is 13.0 Å². The highest BCUT2D eigenvalue weighted by molar-refractivity contribution is 6.22. The number of carbonyl (C=O) groups is 3. The van der Waals surface area contributed by atoms with E-state index in [9.17, 15) is 25.2 Å². The van der Waals surface area contributed by atoms with Gasteiger partial charge in [-0.1, -0.05) is 53.6 Å². The Bertz CT molecular complexity index is 2820. The number of nitrogens with one attached hydrogen (secondary N) is 1. The van der Waals surface area contributed by atoms with E-state index in [2.05, 4.69) is 36.2 Å². The molecule has 0 amide bonds. The number of hydrogen-bond acceptors (Lipinski definition) is 15. The maximum atomic E-state index is 16.2. The molecule has 6 heterocycles. The van der Waals surface area contributed by atoms with E-state index in [0.717, 1.165) is 23.3 Å². The first-order valence-corrected chi connectivity index (χ1v) is 25.2. The lowest BCUT2D eigenvalue weighted by molar-refractivity contribution is -0.278. The van der Waals surface area contributed by atoms with Gasteiger partial charge in [-0.2, -0.15) is 0 Å². The van der Waals surface area contributed by atoms with Gasteiger partial charge in [0, 0.05) is 65.1 Å². The number of hydrogen-bond donors (Lipinski definition) is 5. The number of allylic oxidation sites excluding steroid dienone is 5. The average molecular weight is 975 g/mol. The van der Waals surface area contributed by atoms with Crippen molar-refractivity contribution in [2.75, 3.05) is 26.8 Å². The zero-order valence-electron chi connectivity index (χ0n) is 42.0. The summed E-state index contributed by atoms with van der Waals surface area (Å²) in [6.07, 6.45) is 3.91. The summed E-state index contributed by atoms with van der Waals surface area (Å²) in [6, 6.07) is 7.58. The summed E-state index contributed by atoms with van der Waals surface area (Å²) in [4.78, 5) is 46.8. The third kappa shape index (κ3) is 6.42. The largest absolute Gasteiger partial charge is 0.482 e. The summed E-state index contributed by atoms with van der Waals surface area (Å²) in [5.41, 5.74) is 0.498. The molecular formula is C56H66N2O13. The van der Waals surface area contributed by atoms with Crippen LogP contribution in [0.25, 0.3) is 11.8 Å².